The van der Waals surface area contributed by atoms with Crippen molar-refractivity contribution in [2.75, 3.05) is 11.4 Å². The van der Waals surface area contributed by atoms with Crippen LogP contribution in [-0.4, -0.2) is 18.6 Å². The Morgan fingerprint density at radius 2 is 2.00 bits per heavy atom. The van der Waals surface area contributed by atoms with Crippen LogP contribution >= 0.6 is 15.9 Å². The normalized spacial score (nSPS) is 29.7. The summed E-state index contributed by atoms with van der Waals surface area (Å²) in [7, 11) is 0. The molecule has 1 saturated heterocycles. The monoisotopic (exact) mass is 350 g/mol. The third-order valence-electron chi connectivity index (χ3n) is 5.11. The van der Waals surface area contributed by atoms with E-state index in [0.717, 1.165) is 24.4 Å². The fourth-order valence-corrected chi connectivity index (χ4v) is 3.88. The molecule has 0 bridgehead atoms. The molecule has 1 aliphatic carbocycles. The molecule has 3 heteroatoms. The van der Waals surface area contributed by atoms with Gasteiger partial charge in [-0.2, -0.15) is 0 Å². The molecule has 1 saturated carbocycles. The summed E-state index contributed by atoms with van der Waals surface area (Å²) >= 11 is 3.66. The van der Waals surface area contributed by atoms with Gasteiger partial charge in [0.15, 0.2) is 0 Å². The van der Waals surface area contributed by atoms with Crippen molar-refractivity contribution in [1.82, 2.24) is 5.32 Å². The molecule has 21 heavy (non-hydrogen) atoms. The predicted octanol–water partition coefficient (Wildman–Crippen LogP) is 4.57. The Labute approximate surface area is 137 Å². The third-order valence-corrected chi connectivity index (χ3v) is 5.61. The van der Waals surface area contributed by atoms with Gasteiger partial charge in [0.25, 0.3) is 0 Å². The predicted molar refractivity (Wildman–Crippen MR) is 93.8 cm³/mol. The Hall–Kier alpha value is -0.540. The van der Waals surface area contributed by atoms with Gasteiger partial charge in [-0.3, -0.25) is 0 Å². The van der Waals surface area contributed by atoms with E-state index < -0.39 is 0 Å². The minimum atomic E-state index is 0.621. The zero-order valence-electron chi connectivity index (χ0n) is 13.4. The molecule has 1 aliphatic heterocycles. The molecule has 0 radical (unpaired) electrons. The second-order valence-electron chi connectivity index (χ2n) is 7.14. The van der Waals surface area contributed by atoms with E-state index in [2.05, 4.69) is 65.1 Å². The van der Waals surface area contributed by atoms with E-state index in [1.807, 2.05) is 0 Å². The van der Waals surface area contributed by atoms with Crippen molar-refractivity contribution in [2.45, 2.75) is 58.7 Å². The van der Waals surface area contributed by atoms with Gasteiger partial charge in [-0.15, -0.1) is 0 Å². The van der Waals surface area contributed by atoms with E-state index in [4.69, 9.17) is 0 Å². The molecular formula is C18H27BrN2. The largest absolute Gasteiger partial charge is 0.368 e. The standard InChI is InChI=1S/C18H27BrN2/c1-12-8-13(2)14(3)21(11-12)18-9-16(19)5-4-15(18)10-20-17-6-7-17/h4-5,9,12-14,17,20H,6-8,10-11H2,1-3H3. The van der Waals surface area contributed by atoms with E-state index in [-0.39, 0.29) is 0 Å². The highest BCUT2D eigenvalue weighted by atomic mass is 79.9. The van der Waals surface area contributed by atoms with Crippen LogP contribution in [0.1, 0.15) is 45.6 Å². The number of halogens is 1. The summed E-state index contributed by atoms with van der Waals surface area (Å²) in [5.74, 6) is 1.54. The van der Waals surface area contributed by atoms with Crippen LogP contribution < -0.4 is 10.2 Å². The highest BCUT2D eigenvalue weighted by molar-refractivity contribution is 9.10. The lowest BCUT2D eigenvalue weighted by molar-refractivity contribution is 0.296. The van der Waals surface area contributed by atoms with Crippen molar-refractivity contribution in [2.24, 2.45) is 11.8 Å². The van der Waals surface area contributed by atoms with Gasteiger partial charge in [-0.1, -0.05) is 35.8 Å². The minimum Gasteiger partial charge on any atom is -0.368 e. The zero-order chi connectivity index (χ0) is 15.0. The van der Waals surface area contributed by atoms with Gasteiger partial charge < -0.3 is 10.2 Å². The Morgan fingerprint density at radius 1 is 1.24 bits per heavy atom. The summed E-state index contributed by atoms with van der Waals surface area (Å²) in [6.07, 6.45) is 4.04. The molecule has 1 N–H and O–H groups in total. The summed E-state index contributed by atoms with van der Waals surface area (Å²) in [6.45, 7) is 9.34. The number of hydrogen-bond acceptors (Lipinski definition) is 2. The second-order valence-corrected chi connectivity index (χ2v) is 8.06. The lowest BCUT2D eigenvalue weighted by Crippen LogP contribution is -2.46. The van der Waals surface area contributed by atoms with Gasteiger partial charge in [0.2, 0.25) is 0 Å². The van der Waals surface area contributed by atoms with Crippen molar-refractivity contribution in [3.05, 3.63) is 28.2 Å². The fraction of sp³-hybridized carbons (Fsp3) is 0.667. The Kier molecular flexibility index (Phi) is 4.60. The summed E-state index contributed by atoms with van der Waals surface area (Å²) in [5, 5.41) is 3.67. The molecule has 2 nitrogen and oxygen atoms in total. The third kappa shape index (κ3) is 3.62. The Balaban J connectivity index is 1.85. The van der Waals surface area contributed by atoms with Gasteiger partial charge in [0, 0.05) is 35.3 Å². The van der Waals surface area contributed by atoms with Crippen molar-refractivity contribution in [3.63, 3.8) is 0 Å². The van der Waals surface area contributed by atoms with Gasteiger partial charge in [-0.25, -0.2) is 0 Å². The molecule has 3 rings (SSSR count). The topological polar surface area (TPSA) is 15.3 Å². The first-order valence-corrected chi connectivity index (χ1v) is 9.12. The van der Waals surface area contributed by atoms with Crippen molar-refractivity contribution in [1.29, 1.82) is 0 Å². The zero-order valence-corrected chi connectivity index (χ0v) is 15.0. The molecule has 0 amide bonds. The lowest BCUT2D eigenvalue weighted by atomic mass is 9.85. The van der Waals surface area contributed by atoms with E-state index in [1.165, 1.54) is 41.5 Å². The quantitative estimate of drug-likeness (QED) is 0.855. The lowest BCUT2D eigenvalue weighted by Gasteiger charge is -2.43. The van der Waals surface area contributed by atoms with Crippen LogP contribution in [-0.2, 0) is 6.54 Å². The van der Waals surface area contributed by atoms with Crippen molar-refractivity contribution in [3.8, 4) is 0 Å². The highest BCUT2D eigenvalue weighted by Crippen LogP contribution is 2.35. The van der Waals surface area contributed by atoms with Gasteiger partial charge >= 0.3 is 0 Å². The summed E-state index contributed by atoms with van der Waals surface area (Å²) in [6, 6.07) is 8.15. The van der Waals surface area contributed by atoms with Gasteiger partial charge in [0.05, 0.1) is 0 Å². The van der Waals surface area contributed by atoms with Crippen LogP contribution in [0.5, 0.6) is 0 Å². The maximum atomic E-state index is 3.67. The number of anilines is 1. The summed E-state index contributed by atoms with van der Waals surface area (Å²) < 4.78 is 1.19. The van der Waals surface area contributed by atoms with E-state index in [1.54, 1.807) is 0 Å². The van der Waals surface area contributed by atoms with E-state index >= 15 is 0 Å². The average molecular weight is 351 g/mol. The second kappa shape index (κ2) is 6.29. The van der Waals surface area contributed by atoms with E-state index in [0.29, 0.717) is 6.04 Å². The van der Waals surface area contributed by atoms with Crippen molar-refractivity contribution < 1.29 is 0 Å². The maximum Gasteiger partial charge on any atom is 0.0425 e. The first-order chi connectivity index (χ1) is 10.0. The molecule has 0 spiro atoms. The molecule has 2 fully saturated rings. The van der Waals surface area contributed by atoms with Crippen LogP contribution in [0.2, 0.25) is 0 Å². The summed E-state index contributed by atoms with van der Waals surface area (Å²) in [4.78, 5) is 2.63. The molecule has 0 aromatic heterocycles. The first kappa shape index (κ1) is 15.4. The SMILES string of the molecule is CC1CC(C)C(C)N(c2cc(Br)ccc2CNC2CC2)C1. The maximum absolute atomic E-state index is 3.67. The Morgan fingerprint density at radius 3 is 2.71 bits per heavy atom. The molecule has 3 atom stereocenters. The molecule has 1 heterocycles. The van der Waals surface area contributed by atoms with Crippen LogP contribution in [0.3, 0.4) is 0 Å². The van der Waals surface area contributed by atoms with Gasteiger partial charge in [0.1, 0.15) is 0 Å². The number of nitrogens with one attached hydrogen (secondary N) is 1. The fourth-order valence-electron chi connectivity index (χ4n) is 3.53. The number of hydrogen-bond donors (Lipinski definition) is 1. The molecule has 1 aromatic rings. The molecule has 116 valence electrons. The van der Waals surface area contributed by atoms with Crippen molar-refractivity contribution >= 4 is 21.6 Å². The highest BCUT2D eigenvalue weighted by Gasteiger charge is 2.30. The minimum absolute atomic E-state index is 0.621. The van der Waals surface area contributed by atoms with Crippen LogP contribution in [0.4, 0.5) is 5.69 Å². The average Bonchev–Trinajstić information content (AvgIpc) is 3.25. The molecular weight excluding hydrogens is 324 g/mol. The van der Waals surface area contributed by atoms with E-state index in [9.17, 15) is 0 Å². The van der Waals surface area contributed by atoms with Gasteiger partial charge in [-0.05, 0) is 55.7 Å². The number of piperidine rings is 1. The Bertz CT molecular complexity index is 498. The van der Waals surface area contributed by atoms with Crippen LogP contribution in [0.25, 0.3) is 0 Å². The summed E-state index contributed by atoms with van der Waals surface area (Å²) in [5.41, 5.74) is 2.86. The number of nitrogens with zero attached hydrogens (tertiary/aromatic N) is 1. The number of benzene rings is 1. The molecule has 1 aromatic carbocycles. The molecule has 2 aliphatic rings. The smallest absolute Gasteiger partial charge is 0.0425 e. The van der Waals surface area contributed by atoms with Crippen LogP contribution in [0, 0.1) is 11.8 Å². The number of rotatable bonds is 4. The molecule has 3 unspecified atom stereocenters. The van der Waals surface area contributed by atoms with Crippen LogP contribution in [0.15, 0.2) is 22.7 Å². The first-order valence-electron chi connectivity index (χ1n) is 8.33.